The maximum Gasteiger partial charge on any atom is 0.181 e. The van der Waals surface area contributed by atoms with Crippen LogP contribution in [-0.4, -0.2) is 10.2 Å². The summed E-state index contributed by atoms with van der Waals surface area (Å²) in [6.45, 7) is 0. The zero-order chi connectivity index (χ0) is 8.43. The first kappa shape index (κ1) is 8.46. The number of aliphatic hydroxyl groups is 2. The first-order chi connectivity index (χ1) is 5.13. The molecule has 1 aromatic rings. The average molecular weight is 177 g/mol. The van der Waals surface area contributed by atoms with E-state index in [0.29, 0.717) is 0 Å². The van der Waals surface area contributed by atoms with Crippen molar-refractivity contribution in [3.05, 3.63) is 34.6 Å². The Hall–Kier alpha value is -0.640. The van der Waals surface area contributed by atoms with Crippen molar-refractivity contribution < 1.29 is 14.6 Å². The molecule has 11 heavy (non-hydrogen) atoms. The fourth-order valence-corrected chi connectivity index (χ4v) is 0.902. The quantitative estimate of drug-likeness (QED) is 0.636. The van der Waals surface area contributed by atoms with Gasteiger partial charge in [-0.15, -0.1) is 0 Å². The second kappa shape index (κ2) is 3.17. The lowest BCUT2D eigenvalue weighted by Gasteiger charge is -2.04. The summed E-state index contributed by atoms with van der Waals surface area (Å²) >= 11 is 5.36. The lowest BCUT2D eigenvalue weighted by molar-refractivity contribution is -0.0449. The summed E-state index contributed by atoms with van der Waals surface area (Å²) in [7, 11) is 0. The van der Waals surface area contributed by atoms with Crippen molar-refractivity contribution in [2.24, 2.45) is 0 Å². The summed E-state index contributed by atoms with van der Waals surface area (Å²) in [6, 6.07) is 4.04. The summed E-state index contributed by atoms with van der Waals surface area (Å²) in [6.07, 6.45) is -1.81. The predicted octanol–water partition coefficient (Wildman–Crippen LogP) is 1.46. The zero-order valence-electron chi connectivity index (χ0n) is 5.46. The Bertz CT molecular complexity index is 263. The highest BCUT2D eigenvalue weighted by atomic mass is 35.5. The summed E-state index contributed by atoms with van der Waals surface area (Å²) in [4.78, 5) is 0. The Morgan fingerprint density at radius 2 is 2.00 bits per heavy atom. The molecule has 0 bridgehead atoms. The number of aliphatic hydroxyl groups excluding tert-OH is 1. The Kier molecular flexibility index (Phi) is 2.44. The van der Waals surface area contributed by atoms with Crippen molar-refractivity contribution in [2.75, 3.05) is 0 Å². The van der Waals surface area contributed by atoms with Gasteiger partial charge >= 0.3 is 0 Å². The highest BCUT2D eigenvalue weighted by molar-refractivity contribution is 6.30. The smallest absolute Gasteiger partial charge is 0.181 e. The highest BCUT2D eigenvalue weighted by Gasteiger charge is 2.10. The third-order valence-corrected chi connectivity index (χ3v) is 1.55. The summed E-state index contributed by atoms with van der Waals surface area (Å²) in [5.74, 6) is -0.788. The van der Waals surface area contributed by atoms with Gasteiger partial charge in [-0.25, -0.2) is 4.39 Å². The molecule has 2 nitrogen and oxygen atoms in total. The third kappa shape index (κ3) is 1.68. The van der Waals surface area contributed by atoms with Crippen molar-refractivity contribution in [3.8, 4) is 0 Å². The van der Waals surface area contributed by atoms with Crippen molar-refractivity contribution in [1.29, 1.82) is 0 Å². The zero-order valence-corrected chi connectivity index (χ0v) is 6.22. The van der Waals surface area contributed by atoms with Crippen molar-refractivity contribution in [3.63, 3.8) is 0 Å². The van der Waals surface area contributed by atoms with Crippen LogP contribution in [0.2, 0.25) is 5.02 Å². The maximum atomic E-state index is 12.8. The first-order valence-corrected chi connectivity index (χ1v) is 3.31. The van der Waals surface area contributed by atoms with E-state index in [-0.39, 0.29) is 10.6 Å². The van der Waals surface area contributed by atoms with Crippen molar-refractivity contribution in [2.45, 2.75) is 6.29 Å². The van der Waals surface area contributed by atoms with Gasteiger partial charge in [0.1, 0.15) is 5.82 Å². The fraction of sp³-hybridized carbons (Fsp3) is 0.143. The number of hydrogen-bond acceptors (Lipinski definition) is 2. The standard InChI is InChI=1S/C7H6ClFO2/c8-5-3-1-2-4(6(5)9)7(10)11/h1-3,7,10-11H. The van der Waals surface area contributed by atoms with Gasteiger partial charge in [0, 0.05) is 5.56 Å². The minimum Gasteiger partial charge on any atom is -0.364 e. The first-order valence-electron chi connectivity index (χ1n) is 2.93. The molecule has 0 saturated heterocycles. The largest absolute Gasteiger partial charge is 0.364 e. The van der Waals surface area contributed by atoms with E-state index in [0.717, 1.165) is 0 Å². The molecule has 0 aliphatic rings. The number of rotatable bonds is 1. The van der Waals surface area contributed by atoms with Gasteiger partial charge in [0.25, 0.3) is 0 Å². The van der Waals surface area contributed by atoms with Gasteiger partial charge in [-0.2, -0.15) is 0 Å². The molecular weight excluding hydrogens is 171 g/mol. The van der Waals surface area contributed by atoms with E-state index in [4.69, 9.17) is 21.8 Å². The monoisotopic (exact) mass is 176 g/mol. The van der Waals surface area contributed by atoms with Crippen LogP contribution in [0.25, 0.3) is 0 Å². The van der Waals surface area contributed by atoms with Gasteiger partial charge in [-0.3, -0.25) is 0 Å². The molecule has 1 rings (SSSR count). The normalized spacial score (nSPS) is 10.6. The molecule has 0 unspecified atom stereocenters. The SMILES string of the molecule is OC(O)c1cccc(Cl)c1F. The molecule has 0 saturated carbocycles. The molecule has 1 aromatic carbocycles. The number of halogens is 2. The van der Waals surface area contributed by atoms with Gasteiger partial charge in [0.2, 0.25) is 0 Å². The fourth-order valence-electron chi connectivity index (χ4n) is 0.720. The third-order valence-electron chi connectivity index (χ3n) is 1.26. The molecule has 0 heterocycles. The van der Waals surface area contributed by atoms with Crippen LogP contribution < -0.4 is 0 Å². The van der Waals surface area contributed by atoms with Gasteiger partial charge in [-0.05, 0) is 6.07 Å². The topological polar surface area (TPSA) is 40.5 Å². The maximum absolute atomic E-state index is 12.8. The van der Waals surface area contributed by atoms with Crippen LogP contribution in [0.5, 0.6) is 0 Å². The van der Waals surface area contributed by atoms with Crippen LogP contribution in [-0.2, 0) is 0 Å². The second-order valence-electron chi connectivity index (χ2n) is 2.02. The average Bonchev–Trinajstić information content (AvgIpc) is 1.94. The molecule has 0 fully saturated rings. The lowest BCUT2D eigenvalue weighted by Crippen LogP contribution is -1.98. The lowest BCUT2D eigenvalue weighted by atomic mass is 10.2. The highest BCUT2D eigenvalue weighted by Crippen LogP contribution is 2.21. The summed E-state index contributed by atoms with van der Waals surface area (Å²) < 4.78 is 12.8. The second-order valence-corrected chi connectivity index (χ2v) is 2.42. The van der Waals surface area contributed by atoms with Crippen LogP contribution in [0.4, 0.5) is 4.39 Å². The molecule has 2 N–H and O–H groups in total. The van der Waals surface area contributed by atoms with Crippen LogP contribution in [0.15, 0.2) is 18.2 Å². The van der Waals surface area contributed by atoms with E-state index < -0.39 is 12.1 Å². The van der Waals surface area contributed by atoms with E-state index in [9.17, 15) is 4.39 Å². The predicted molar refractivity (Wildman–Crippen MR) is 38.6 cm³/mol. The van der Waals surface area contributed by atoms with Gasteiger partial charge in [0.05, 0.1) is 5.02 Å². The molecule has 0 aliphatic carbocycles. The van der Waals surface area contributed by atoms with E-state index in [2.05, 4.69) is 0 Å². The van der Waals surface area contributed by atoms with E-state index >= 15 is 0 Å². The Morgan fingerprint density at radius 3 is 2.45 bits per heavy atom. The molecule has 0 radical (unpaired) electrons. The molecule has 0 spiro atoms. The van der Waals surface area contributed by atoms with Crippen molar-refractivity contribution in [1.82, 2.24) is 0 Å². The van der Waals surface area contributed by atoms with E-state index in [1.54, 1.807) is 0 Å². The molecule has 0 aliphatic heterocycles. The van der Waals surface area contributed by atoms with Gasteiger partial charge < -0.3 is 10.2 Å². The molecule has 4 heteroatoms. The van der Waals surface area contributed by atoms with Crippen LogP contribution in [0.3, 0.4) is 0 Å². The Morgan fingerprint density at radius 1 is 1.36 bits per heavy atom. The number of benzene rings is 1. The van der Waals surface area contributed by atoms with Crippen LogP contribution in [0.1, 0.15) is 11.9 Å². The molecular formula is C7H6ClFO2. The Labute approximate surface area is 67.9 Å². The van der Waals surface area contributed by atoms with E-state index in [1.165, 1.54) is 18.2 Å². The van der Waals surface area contributed by atoms with Crippen LogP contribution in [0, 0.1) is 5.82 Å². The molecule has 60 valence electrons. The van der Waals surface area contributed by atoms with E-state index in [1.807, 2.05) is 0 Å². The summed E-state index contributed by atoms with van der Waals surface area (Å²) in [5.41, 5.74) is -0.211. The minimum absolute atomic E-state index is 0.115. The van der Waals surface area contributed by atoms with Crippen LogP contribution >= 0.6 is 11.6 Å². The summed E-state index contributed by atoms with van der Waals surface area (Å²) in [5, 5.41) is 17.1. The molecule has 0 aromatic heterocycles. The molecule has 0 amide bonds. The number of hydrogen-bond donors (Lipinski definition) is 2. The van der Waals surface area contributed by atoms with Gasteiger partial charge in [0.15, 0.2) is 6.29 Å². The van der Waals surface area contributed by atoms with Crippen molar-refractivity contribution >= 4 is 11.6 Å². The minimum atomic E-state index is -1.81. The Balaban J connectivity index is 3.17. The van der Waals surface area contributed by atoms with Gasteiger partial charge in [-0.1, -0.05) is 23.7 Å². The molecule has 0 atom stereocenters.